The average Bonchev–Trinajstić information content (AvgIpc) is 2.37. The lowest BCUT2D eigenvalue weighted by Crippen LogP contribution is -2.47. The van der Waals surface area contributed by atoms with Gasteiger partial charge in [0.2, 0.25) is 0 Å². The van der Waals surface area contributed by atoms with Gasteiger partial charge in [-0.05, 0) is 61.7 Å². The van der Waals surface area contributed by atoms with Crippen molar-refractivity contribution in [3.8, 4) is 0 Å². The number of nitrogens with two attached hydrogens (primary N) is 1. The number of hydrogen-bond acceptors (Lipinski definition) is 3. The molecule has 4 heteroatoms. The molecule has 4 nitrogen and oxygen atoms in total. The first-order valence-electron chi connectivity index (χ1n) is 7.51. The minimum Gasteiger partial charge on any atom is -0.396 e. The molecule has 1 heterocycles. The van der Waals surface area contributed by atoms with Crippen molar-refractivity contribution in [3.05, 3.63) is 22.9 Å². The fourth-order valence-corrected chi connectivity index (χ4v) is 5.17. The van der Waals surface area contributed by atoms with Crippen LogP contribution in [-0.4, -0.2) is 9.55 Å². The number of rotatable bonds is 2. The zero-order valence-corrected chi connectivity index (χ0v) is 11.2. The van der Waals surface area contributed by atoms with Crippen LogP contribution in [0.3, 0.4) is 0 Å². The zero-order valence-electron chi connectivity index (χ0n) is 11.2. The molecule has 0 atom stereocenters. The molecule has 1 aromatic rings. The van der Waals surface area contributed by atoms with E-state index in [0.29, 0.717) is 11.6 Å². The van der Waals surface area contributed by atoms with E-state index >= 15 is 0 Å². The van der Waals surface area contributed by atoms with E-state index in [-0.39, 0.29) is 5.69 Å². The first kappa shape index (κ1) is 11.5. The van der Waals surface area contributed by atoms with Crippen molar-refractivity contribution in [1.82, 2.24) is 9.55 Å². The highest BCUT2D eigenvalue weighted by molar-refractivity contribution is 5.29. The Morgan fingerprint density at radius 2 is 1.79 bits per heavy atom. The van der Waals surface area contributed by atoms with Gasteiger partial charge in [0.05, 0.1) is 11.9 Å². The van der Waals surface area contributed by atoms with E-state index < -0.39 is 0 Å². The Morgan fingerprint density at radius 1 is 1.16 bits per heavy atom. The van der Waals surface area contributed by atoms with Crippen molar-refractivity contribution < 1.29 is 0 Å². The lowest BCUT2D eigenvalue weighted by atomic mass is 9.52. The van der Waals surface area contributed by atoms with E-state index in [1.54, 1.807) is 10.8 Å². The van der Waals surface area contributed by atoms with Gasteiger partial charge in [0.1, 0.15) is 0 Å². The third-order valence-electron chi connectivity index (χ3n) is 5.70. The molecule has 4 saturated carbocycles. The predicted octanol–water partition coefficient (Wildman–Crippen LogP) is 1.90. The molecule has 102 valence electrons. The zero-order chi connectivity index (χ0) is 13.0. The average molecular weight is 259 g/mol. The number of nitrogen functional groups attached to an aromatic ring is 1. The van der Waals surface area contributed by atoms with Crippen molar-refractivity contribution in [2.45, 2.75) is 38.6 Å². The standard InChI is InChI=1S/C15H21N3O/c16-13-6-17-15(19)18(7-13)8-14-11-2-9-1-10(4-11)5-12(14)3-9/h6-7,9-12,14H,1-5,8,16H2. The highest BCUT2D eigenvalue weighted by Gasteiger charge is 2.48. The Balaban J connectivity index is 1.60. The SMILES string of the molecule is Nc1cnc(=O)n(CC2C3CC4CC(C3)CC2C4)c1. The Bertz CT molecular complexity index is 523. The molecule has 0 unspecified atom stereocenters. The first-order valence-corrected chi connectivity index (χ1v) is 7.51. The summed E-state index contributed by atoms with van der Waals surface area (Å²) in [7, 11) is 0. The van der Waals surface area contributed by atoms with E-state index in [1.807, 2.05) is 0 Å². The van der Waals surface area contributed by atoms with Crippen LogP contribution in [-0.2, 0) is 6.54 Å². The van der Waals surface area contributed by atoms with Gasteiger partial charge in [0.15, 0.2) is 0 Å². The largest absolute Gasteiger partial charge is 0.396 e. The normalized spacial score (nSPS) is 39.7. The van der Waals surface area contributed by atoms with Crippen LogP contribution in [0.2, 0.25) is 0 Å². The number of anilines is 1. The van der Waals surface area contributed by atoms with Crippen LogP contribution in [0, 0.1) is 29.6 Å². The molecule has 4 aliphatic carbocycles. The highest BCUT2D eigenvalue weighted by Crippen LogP contribution is 2.56. The predicted molar refractivity (Wildman–Crippen MR) is 73.4 cm³/mol. The van der Waals surface area contributed by atoms with Crippen molar-refractivity contribution in [3.63, 3.8) is 0 Å². The van der Waals surface area contributed by atoms with E-state index in [1.165, 1.54) is 38.3 Å². The molecule has 0 aromatic carbocycles. The molecule has 0 aliphatic heterocycles. The Kier molecular flexibility index (Phi) is 2.47. The van der Waals surface area contributed by atoms with Gasteiger partial charge in [-0.25, -0.2) is 4.79 Å². The van der Waals surface area contributed by atoms with Crippen LogP contribution < -0.4 is 11.4 Å². The highest BCUT2D eigenvalue weighted by atomic mass is 16.1. The number of hydrogen-bond donors (Lipinski definition) is 1. The van der Waals surface area contributed by atoms with Crippen LogP contribution in [0.15, 0.2) is 17.2 Å². The molecule has 2 N–H and O–H groups in total. The minimum absolute atomic E-state index is 0.150. The molecule has 19 heavy (non-hydrogen) atoms. The fraction of sp³-hybridized carbons (Fsp3) is 0.733. The van der Waals surface area contributed by atoms with Crippen LogP contribution in [0.5, 0.6) is 0 Å². The van der Waals surface area contributed by atoms with Gasteiger partial charge >= 0.3 is 5.69 Å². The van der Waals surface area contributed by atoms with Crippen molar-refractivity contribution >= 4 is 5.69 Å². The Hall–Kier alpha value is -1.32. The quantitative estimate of drug-likeness (QED) is 0.882. The summed E-state index contributed by atoms with van der Waals surface area (Å²) in [5.41, 5.74) is 6.19. The van der Waals surface area contributed by atoms with Gasteiger partial charge < -0.3 is 5.73 Å². The van der Waals surface area contributed by atoms with Crippen LogP contribution in [0.1, 0.15) is 32.1 Å². The second-order valence-corrected chi connectivity index (χ2v) is 6.92. The summed E-state index contributed by atoms with van der Waals surface area (Å²) in [6.45, 7) is 0.825. The summed E-state index contributed by atoms with van der Waals surface area (Å²) >= 11 is 0. The van der Waals surface area contributed by atoms with Gasteiger partial charge in [-0.1, -0.05) is 0 Å². The molecule has 0 amide bonds. The molecular weight excluding hydrogens is 238 g/mol. The molecule has 0 radical (unpaired) electrons. The van der Waals surface area contributed by atoms with E-state index in [9.17, 15) is 4.79 Å². The monoisotopic (exact) mass is 259 g/mol. The van der Waals surface area contributed by atoms with Crippen LogP contribution in [0.25, 0.3) is 0 Å². The molecule has 0 spiro atoms. The number of nitrogens with zero attached hydrogens (tertiary/aromatic N) is 2. The first-order chi connectivity index (χ1) is 9.19. The van der Waals surface area contributed by atoms with E-state index in [4.69, 9.17) is 5.73 Å². The lowest BCUT2D eigenvalue weighted by molar-refractivity contribution is -0.0434. The van der Waals surface area contributed by atoms with Crippen molar-refractivity contribution in [2.24, 2.45) is 29.6 Å². The Morgan fingerprint density at radius 3 is 2.42 bits per heavy atom. The Labute approximate surface area is 113 Å². The molecule has 0 saturated heterocycles. The third kappa shape index (κ3) is 1.88. The number of aromatic nitrogens is 2. The fourth-order valence-electron chi connectivity index (χ4n) is 5.17. The molecule has 4 fully saturated rings. The maximum atomic E-state index is 11.8. The molecule has 4 aliphatic rings. The van der Waals surface area contributed by atoms with Gasteiger partial charge in [0.25, 0.3) is 0 Å². The maximum absolute atomic E-state index is 11.8. The third-order valence-corrected chi connectivity index (χ3v) is 5.70. The van der Waals surface area contributed by atoms with Crippen molar-refractivity contribution in [2.75, 3.05) is 5.73 Å². The van der Waals surface area contributed by atoms with Gasteiger partial charge in [-0.3, -0.25) is 4.57 Å². The van der Waals surface area contributed by atoms with Gasteiger partial charge in [0, 0.05) is 12.7 Å². The van der Waals surface area contributed by atoms with E-state index in [0.717, 1.165) is 30.2 Å². The van der Waals surface area contributed by atoms with Crippen LogP contribution in [0.4, 0.5) is 5.69 Å². The summed E-state index contributed by atoms with van der Waals surface area (Å²) < 4.78 is 1.74. The molecular formula is C15H21N3O. The summed E-state index contributed by atoms with van der Waals surface area (Å²) in [6.07, 6.45) is 10.3. The van der Waals surface area contributed by atoms with Gasteiger partial charge in [-0.2, -0.15) is 4.98 Å². The maximum Gasteiger partial charge on any atom is 0.347 e. The second-order valence-electron chi connectivity index (χ2n) is 6.92. The van der Waals surface area contributed by atoms with E-state index in [2.05, 4.69) is 4.98 Å². The second kappa shape index (κ2) is 4.09. The summed E-state index contributed by atoms with van der Waals surface area (Å²) in [4.78, 5) is 15.7. The molecule has 1 aromatic heterocycles. The summed E-state index contributed by atoms with van der Waals surface area (Å²) in [5, 5.41) is 0. The van der Waals surface area contributed by atoms with Gasteiger partial charge in [-0.15, -0.1) is 0 Å². The molecule has 5 rings (SSSR count). The summed E-state index contributed by atoms with van der Waals surface area (Å²) in [5.74, 6) is 4.31. The molecule has 4 bridgehead atoms. The topological polar surface area (TPSA) is 60.9 Å². The van der Waals surface area contributed by atoms with Crippen molar-refractivity contribution in [1.29, 1.82) is 0 Å². The minimum atomic E-state index is -0.150. The van der Waals surface area contributed by atoms with Crippen LogP contribution >= 0.6 is 0 Å². The summed E-state index contributed by atoms with van der Waals surface area (Å²) in [6, 6.07) is 0. The lowest BCUT2D eigenvalue weighted by Gasteiger charge is -2.54. The smallest absolute Gasteiger partial charge is 0.347 e.